The van der Waals surface area contributed by atoms with Gasteiger partial charge in [0.15, 0.2) is 43.8 Å². The van der Waals surface area contributed by atoms with Gasteiger partial charge in [0.2, 0.25) is 0 Å². The van der Waals surface area contributed by atoms with E-state index in [0.29, 0.717) is 25.8 Å². The van der Waals surface area contributed by atoms with E-state index in [9.17, 15) is 81.4 Å². The number of rotatable bonds is 18. The molecule has 0 saturated carbocycles. The maximum absolute atomic E-state index is 13.0. The quantitative estimate of drug-likeness (QED) is 0.0567. The lowest BCUT2D eigenvalue weighted by atomic mass is 9.95. The van der Waals surface area contributed by atoms with Crippen molar-refractivity contribution >= 4 is 5.97 Å². The zero-order chi connectivity index (χ0) is 51.6. The maximum atomic E-state index is 13.0. The summed E-state index contributed by atoms with van der Waals surface area (Å²) in [5.74, 6) is -1.88. The van der Waals surface area contributed by atoms with Crippen LogP contribution in [-0.4, -0.2) is 287 Å². The number of carboxylic acids is 1. The molecule has 6 fully saturated rings. The number of aliphatic hydroxyl groups excluding tert-OH is 14. The van der Waals surface area contributed by atoms with Crippen LogP contribution in [0.4, 0.5) is 0 Å². The van der Waals surface area contributed by atoms with Gasteiger partial charge in [0.1, 0.15) is 116 Å². The van der Waals surface area contributed by atoms with Crippen LogP contribution < -0.4 is 5.73 Å². The molecule has 0 bridgehead atoms. The molecule has 6 heterocycles. The van der Waals surface area contributed by atoms with Crippen LogP contribution in [0.15, 0.2) is 0 Å². The second kappa shape index (κ2) is 24.8. The third-order valence-corrected chi connectivity index (χ3v) is 13.4. The third kappa shape index (κ3) is 12.4. The summed E-state index contributed by atoms with van der Waals surface area (Å²) in [5.41, 5.74) is 5.59. The average Bonchev–Trinajstić information content (AvgIpc) is 3.32. The minimum atomic E-state index is -2.37. The highest BCUT2D eigenvalue weighted by Gasteiger charge is 2.59. The van der Waals surface area contributed by atoms with Crippen molar-refractivity contribution in [3.05, 3.63) is 0 Å². The Morgan fingerprint density at radius 2 is 0.800 bits per heavy atom. The summed E-state index contributed by atoms with van der Waals surface area (Å²) in [5, 5.41) is 163. The van der Waals surface area contributed by atoms with E-state index >= 15 is 0 Å². The van der Waals surface area contributed by atoms with E-state index in [1.54, 1.807) is 0 Å². The Hall–Kier alpha value is -1.61. The van der Waals surface area contributed by atoms with Gasteiger partial charge in [-0.15, -0.1) is 0 Å². The van der Waals surface area contributed by atoms with Gasteiger partial charge in [0.05, 0.1) is 31.0 Å². The highest BCUT2D eigenvalue weighted by Crippen LogP contribution is 2.38. The van der Waals surface area contributed by atoms with Crippen molar-refractivity contribution in [3.63, 3.8) is 0 Å². The first-order valence-electron chi connectivity index (χ1n) is 23.2. The molecule has 6 aliphatic heterocycles. The Labute approximate surface area is 400 Å². The second-order valence-electron chi connectivity index (χ2n) is 18.4. The number of ether oxygens (including phenoxy) is 12. The Bertz CT molecular complexity index is 1630. The lowest BCUT2D eigenvalue weighted by Gasteiger charge is -2.50. The minimum absolute atomic E-state index is 0.109. The van der Waals surface area contributed by atoms with Crippen LogP contribution in [0.25, 0.3) is 0 Å². The smallest absolute Gasteiger partial charge is 0.335 e. The summed E-state index contributed by atoms with van der Waals surface area (Å²) in [4.78, 5) is 13.0. The molecule has 0 spiro atoms. The standard InChI is InChI=1S/C41H71NO28/c1-11-16(44)21(49)26(54)36(60-11)69-33-29(65-37-27(55)22(50)20(48)15(10-43)64-37)28(56)38(70-34(33)35(57)58)66-31-24(52)18(46)13(3)62-40(31)68-32-25(53)19(47)14(4)63-41(32)67-30-23(51)17(45)12(2)61-39(30)59-9-7-5-6-8-42/h11-34,36-41,43-56H,5-10,42H2,1-4H3,(H,57,58)/t11?,12?,13?,14-,15?,16-,17-,18-,19-,20-,21?,22?,23?,24?,25?,26?,27?,28?,29?,30?,31?,32?,33+,34?,36-,37-,38-,39+,40-,41-/m0/s1. The summed E-state index contributed by atoms with van der Waals surface area (Å²) < 4.78 is 70.0. The van der Waals surface area contributed by atoms with Gasteiger partial charge in [0.25, 0.3) is 0 Å². The highest BCUT2D eigenvalue weighted by atomic mass is 16.8. The molecule has 30 atom stereocenters. The molecular weight excluding hydrogens is 954 g/mol. The molecule has 17 N–H and O–H groups in total. The van der Waals surface area contributed by atoms with E-state index in [1.165, 1.54) is 27.7 Å². The van der Waals surface area contributed by atoms with E-state index < -0.39 is 197 Å². The Morgan fingerprint density at radius 1 is 0.414 bits per heavy atom. The van der Waals surface area contributed by atoms with Crippen LogP contribution in [0.5, 0.6) is 0 Å². The van der Waals surface area contributed by atoms with Gasteiger partial charge in [-0.05, 0) is 53.5 Å². The molecule has 0 amide bonds. The van der Waals surface area contributed by atoms with Crippen LogP contribution in [-0.2, 0) is 61.6 Å². The van der Waals surface area contributed by atoms with Crippen molar-refractivity contribution in [3.8, 4) is 0 Å². The van der Waals surface area contributed by atoms with E-state index in [2.05, 4.69) is 0 Å². The number of hydrogen-bond acceptors (Lipinski definition) is 28. The van der Waals surface area contributed by atoms with Crippen LogP contribution in [0, 0.1) is 0 Å². The van der Waals surface area contributed by atoms with Gasteiger partial charge in [-0.3, -0.25) is 0 Å². The van der Waals surface area contributed by atoms with Crippen molar-refractivity contribution in [2.24, 2.45) is 5.73 Å². The molecule has 0 radical (unpaired) electrons. The van der Waals surface area contributed by atoms with Crippen molar-refractivity contribution < 1.29 is 138 Å². The zero-order valence-electron chi connectivity index (χ0n) is 38.7. The monoisotopic (exact) mass is 1030 g/mol. The number of unbranched alkanes of at least 4 members (excludes halogenated alkanes) is 2. The first kappa shape index (κ1) is 57.7. The molecular formula is C41H71NO28. The Balaban J connectivity index is 1.30. The molecule has 0 aromatic heterocycles. The average molecular weight is 1030 g/mol. The van der Waals surface area contributed by atoms with Crippen molar-refractivity contribution in [2.45, 2.75) is 231 Å². The predicted octanol–water partition coefficient (Wildman–Crippen LogP) is -8.74. The van der Waals surface area contributed by atoms with Crippen molar-refractivity contribution in [2.75, 3.05) is 19.8 Å². The number of aliphatic carboxylic acids is 1. The molecule has 408 valence electrons. The summed E-state index contributed by atoms with van der Waals surface area (Å²) in [6, 6.07) is 0. The third-order valence-electron chi connectivity index (χ3n) is 13.4. The van der Waals surface area contributed by atoms with E-state index in [4.69, 9.17) is 62.6 Å². The van der Waals surface area contributed by atoms with Gasteiger partial charge < -0.3 is 139 Å². The minimum Gasteiger partial charge on any atom is -0.479 e. The number of nitrogens with two attached hydrogens (primary N) is 1. The van der Waals surface area contributed by atoms with Crippen molar-refractivity contribution in [1.82, 2.24) is 0 Å². The van der Waals surface area contributed by atoms with Gasteiger partial charge >= 0.3 is 5.97 Å². The van der Waals surface area contributed by atoms with Crippen LogP contribution >= 0.6 is 0 Å². The number of aliphatic hydroxyl groups is 14. The fraction of sp³-hybridized carbons (Fsp3) is 0.976. The molecule has 0 aromatic carbocycles. The molecule has 6 aliphatic rings. The van der Waals surface area contributed by atoms with E-state index in [0.717, 1.165) is 0 Å². The van der Waals surface area contributed by atoms with Crippen LogP contribution in [0.2, 0.25) is 0 Å². The number of hydrogen-bond donors (Lipinski definition) is 16. The van der Waals surface area contributed by atoms with Crippen molar-refractivity contribution in [1.29, 1.82) is 0 Å². The summed E-state index contributed by atoms with van der Waals surface area (Å²) >= 11 is 0. The fourth-order valence-electron chi connectivity index (χ4n) is 8.94. The first-order chi connectivity index (χ1) is 33.0. The van der Waals surface area contributed by atoms with E-state index in [1.807, 2.05) is 0 Å². The molecule has 17 unspecified atom stereocenters. The van der Waals surface area contributed by atoms with Crippen LogP contribution in [0.3, 0.4) is 0 Å². The maximum Gasteiger partial charge on any atom is 0.335 e. The molecule has 0 aliphatic carbocycles. The number of carboxylic acid groups (broad SMARTS) is 1. The first-order valence-corrected chi connectivity index (χ1v) is 23.2. The molecule has 6 saturated heterocycles. The second-order valence-corrected chi connectivity index (χ2v) is 18.4. The summed E-state index contributed by atoms with van der Waals surface area (Å²) in [6.07, 6.45) is -53.0. The molecule has 29 heteroatoms. The largest absolute Gasteiger partial charge is 0.479 e. The molecule has 0 aromatic rings. The van der Waals surface area contributed by atoms with E-state index in [-0.39, 0.29) is 6.61 Å². The predicted molar refractivity (Wildman–Crippen MR) is 221 cm³/mol. The van der Waals surface area contributed by atoms with Gasteiger partial charge in [0, 0.05) is 6.61 Å². The lowest BCUT2D eigenvalue weighted by molar-refractivity contribution is -0.411. The summed E-state index contributed by atoms with van der Waals surface area (Å²) in [6.45, 7) is 5.03. The SMILES string of the molecule is CC1O[C@@H](O[C@H]2C(C(=O)O)O[C@H](OC3C(O)[C@@H](O)C(C)O[C@H]3OC3C(O)[C@@H](O)[C@H](C)O[C@H]3OC3C(O)[C@@H](O)C(C)O[C@H]3OCCCCCN)C(O)C2O[C@@H]2OC(CO)[C@H](O)C(O)C2O)C(O)C(O)[C@H]1O. The Morgan fingerprint density at radius 3 is 1.29 bits per heavy atom. The summed E-state index contributed by atoms with van der Waals surface area (Å²) in [7, 11) is 0. The van der Waals surface area contributed by atoms with Gasteiger partial charge in [-0.1, -0.05) is 0 Å². The Kier molecular flexibility index (Phi) is 20.4. The highest BCUT2D eigenvalue weighted by molar-refractivity contribution is 5.73. The molecule has 6 rings (SSSR count). The van der Waals surface area contributed by atoms with Gasteiger partial charge in [-0.25, -0.2) is 4.79 Å². The zero-order valence-corrected chi connectivity index (χ0v) is 38.7. The molecule has 70 heavy (non-hydrogen) atoms. The van der Waals surface area contributed by atoms with Gasteiger partial charge in [-0.2, -0.15) is 0 Å². The van der Waals surface area contributed by atoms with Crippen LogP contribution in [0.1, 0.15) is 47.0 Å². The molecule has 29 nitrogen and oxygen atoms in total. The number of carbonyl (C=O) groups is 1. The fourth-order valence-corrected chi connectivity index (χ4v) is 8.94. The topological polar surface area (TPSA) is 457 Å². The lowest BCUT2D eigenvalue weighted by Crippen LogP contribution is -2.69. The normalized spacial score (nSPS) is 51.5.